The quantitative estimate of drug-likeness (QED) is 0.229. The number of phenols is 1. The van der Waals surface area contributed by atoms with Gasteiger partial charge in [0.25, 0.3) is 0 Å². The Balaban J connectivity index is 1.64. The van der Waals surface area contributed by atoms with Gasteiger partial charge in [-0.15, -0.1) is 5.11 Å². The third-order valence-electron chi connectivity index (χ3n) is 5.16. The average molecular weight is 464 g/mol. The van der Waals surface area contributed by atoms with Crippen molar-refractivity contribution in [3.05, 3.63) is 66.5 Å². The number of hydrogen-bond donors (Lipinski definition) is 1. The molecular formula is C26H30FN5O2. The zero-order chi connectivity index (χ0) is 24.3. The molecule has 0 bridgehead atoms. The van der Waals surface area contributed by atoms with Crippen LogP contribution < -0.4 is 9.64 Å². The first-order valence-corrected chi connectivity index (χ1v) is 11.5. The number of halogens is 1. The first-order valence-electron chi connectivity index (χ1n) is 11.5. The van der Waals surface area contributed by atoms with Crippen LogP contribution in [0.15, 0.2) is 81.1 Å². The first-order chi connectivity index (χ1) is 16.5. The molecule has 0 amide bonds. The fourth-order valence-corrected chi connectivity index (χ4v) is 3.20. The Morgan fingerprint density at radius 2 is 1.41 bits per heavy atom. The van der Waals surface area contributed by atoms with E-state index in [9.17, 15) is 9.50 Å². The number of rotatable bonds is 11. The van der Waals surface area contributed by atoms with Gasteiger partial charge in [-0.3, -0.25) is 0 Å². The molecule has 0 aliphatic rings. The van der Waals surface area contributed by atoms with Gasteiger partial charge in [-0.1, -0.05) is 13.3 Å². The summed E-state index contributed by atoms with van der Waals surface area (Å²) < 4.78 is 19.6. The molecule has 178 valence electrons. The fourth-order valence-electron chi connectivity index (χ4n) is 3.20. The minimum atomic E-state index is -0.490. The summed E-state index contributed by atoms with van der Waals surface area (Å²) in [4.78, 5) is 2.24. The SMILES string of the molecule is CCCCOc1ccc(/N=N/c2ccc(/N=N/c3ccc(N(CC)CC)cc3)c(O)c2)cc1F. The van der Waals surface area contributed by atoms with Gasteiger partial charge in [-0.2, -0.15) is 15.3 Å². The molecule has 0 aliphatic heterocycles. The molecule has 34 heavy (non-hydrogen) atoms. The van der Waals surface area contributed by atoms with Crippen molar-refractivity contribution in [3.8, 4) is 11.5 Å². The van der Waals surface area contributed by atoms with Gasteiger partial charge >= 0.3 is 0 Å². The lowest BCUT2D eigenvalue weighted by atomic mass is 10.2. The van der Waals surface area contributed by atoms with Crippen LogP contribution in [-0.4, -0.2) is 24.8 Å². The molecule has 0 spiro atoms. The van der Waals surface area contributed by atoms with Crippen molar-refractivity contribution in [2.45, 2.75) is 33.6 Å². The highest BCUT2D eigenvalue weighted by Gasteiger charge is 2.06. The molecule has 0 saturated carbocycles. The molecule has 3 aromatic rings. The topological polar surface area (TPSA) is 82.1 Å². The number of aromatic hydroxyl groups is 1. The molecule has 0 radical (unpaired) electrons. The molecule has 3 rings (SSSR count). The highest BCUT2D eigenvalue weighted by molar-refractivity contribution is 5.58. The predicted octanol–water partition coefficient (Wildman–Crippen LogP) is 8.39. The van der Waals surface area contributed by atoms with Crippen LogP contribution in [0.3, 0.4) is 0 Å². The van der Waals surface area contributed by atoms with Crippen molar-refractivity contribution in [2.75, 3.05) is 24.6 Å². The monoisotopic (exact) mass is 463 g/mol. The number of ether oxygens (including phenoxy) is 1. The third-order valence-corrected chi connectivity index (χ3v) is 5.16. The van der Waals surface area contributed by atoms with E-state index in [4.69, 9.17) is 4.74 Å². The summed E-state index contributed by atoms with van der Waals surface area (Å²) in [5.41, 5.74) is 2.87. The van der Waals surface area contributed by atoms with Gasteiger partial charge in [0.2, 0.25) is 0 Å². The van der Waals surface area contributed by atoms with Crippen molar-refractivity contribution >= 4 is 28.4 Å². The Kier molecular flexibility index (Phi) is 9.08. The van der Waals surface area contributed by atoms with Gasteiger partial charge in [0, 0.05) is 30.9 Å². The van der Waals surface area contributed by atoms with Crippen molar-refractivity contribution in [1.29, 1.82) is 0 Å². The largest absolute Gasteiger partial charge is 0.506 e. The highest BCUT2D eigenvalue weighted by atomic mass is 19.1. The minimum Gasteiger partial charge on any atom is -0.506 e. The van der Waals surface area contributed by atoms with Crippen molar-refractivity contribution in [3.63, 3.8) is 0 Å². The lowest BCUT2D eigenvalue weighted by Gasteiger charge is -2.20. The van der Waals surface area contributed by atoms with E-state index in [1.165, 1.54) is 18.2 Å². The zero-order valence-corrected chi connectivity index (χ0v) is 19.8. The van der Waals surface area contributed by atoms with Crippen molar-refractivity contribution in [2.24, 2.45) is 20.5 Å². The summed E-state index contributed by atoms with van der Waals surface area (Å²) in [7, 11) is 0. The zero-order valence-electron chi connectivity index (χ0n) is 19.8. The number of benzene rings is 3. The van der Waals surface area contributed by atoms with Gasteiger partial charge < -0.3 is 14.7 Å². The Hall–Kier alpha value is -3.81. The van der Waals surface area contributed by atoms with Crippen LogP contribution >= 0.6 is 0 Å². The van der Waals surface area contributed by atoms with E-state index >= 15 is 0 Å². The summed E-state index contributed by atoms with van der Waals surface area (Å²) in [5, 5.41) is 26.7. The average Bonchev–Trinajstić information content (AvgIpc) is 2.85. The van der Waals surface area contributed by atoms with E-state index in [1.807, 2.05) is 31.2 Å². The van der Waals surface area contributed by atoms with Crippen LogP contribution in [0, 0.1) is 5.82 Å². The first kappa shape index (κ1) is 24.8. The Labute approximate surface area is 199 Å². The summed E-state index contributed by atoms with van der Waals surface area (Å²) >= 11 is 0. The number of phenolic OH excluding ortho intramolecular Hbond substituents is 1. The molecule has 3 aromatic carbocycles. The molecule has 0 unspecified atom stereocenters. The van der Waals surface area contributed by atoms with Crippen LogP contribution in [-0.2, 0) is 0 Å². The van der Waals surface area contributed by atoms with Gasteiger partial charge in [0.05, 0.1) is 23.7 Å². The van der Waals surface area contributed by atoms with Gasteiger partial charge in [0.15, 0.2) is 11.6 Å². The van der Waals surface area contributed by atoms with Crippen LogP contribution in [0.5, 0.6) is 11.5 Å². The summed E-state index contributed by atoms with van der Waals surface area (Å²) in [6.07, 6.45) is 1.84. The van der Waals surface area contributed by atoms with Gasteiger partial charge in [-0.25, -0.2) is 4.39 Å². The molecule has 0 atom stereocenters. The molecule has 0 aliphatic carbocycles. The maximum Gasteiger partial charge on any atom is 0.167 e. The van der Waals surface area contributed by atoms with E-state index in [0.29, 0.717) is 29.4 Å². The van der Waals surface area contributed by atoms with E-state index in [-0.39, 0.29) is 11.5 Å². The van der Waals surface area contributed by atoms with Crippen LogP contribution in [0.4, 0.5) is 32.8 Å². The fraction of sp³-hybridized carbons (Fsp3) is 0.308. The van der Waals surface area contributed by atoms with Gasteiger partial charge in [0.1, 0.15) is 11.4 Å². The number of anilines is 1. The third kappa shape index (κ3) is 6.84. The molecule has 8 heteroatoms. The Bertz CT molecular complexity index is 1130. The lowest BCUT2D eigenvalue weighted by molar-refractivity contribution is 0.294. The van der Waals surface area contributed by atoms with E-state index < -0.39 is 5.82 Å². The van der Waals surface area contributed by atoms with Crippen LogP contribution in [0.2, 0.25) is 0 Å². The molecule has 1 N–H and O–H groups in total. The standard InChI is InChI=1S/C26H30FN5O2/c1-4-7-16-34-26-15-11-20(17-23(26)27)29-30-21-10-14-24(25(33)18-21)31-28-19-8-12-22(13-9-19)32(5-2)6-3/h8-15,17-18,33H,4-7,16H2,1-3H3/b30-29+,31-28+. The maximum absolute atomic E-state index is 14.2. The van der Waals surface area contributed by atoms with E-state index in [2.05, 4.69) is 39.2 Å². The molecular weight excluding hydrogens is 433 g/mol. The van der Waals surface area contributed by atoms with Gasteiger partial charge in [-0.05, 0) is 68.8 Å². The van der Waals surface area contributed by atoms with E-state index in [0.717, 1.165) is 31.6 Å². The number of hydrogen-bond acceptors (Lipinski definition) is 7. The maximum atomic E-state index is 14.2. The smallest absolute Gasteiger partial charge is 0.167 e. The summed E-state index contributed by atoms with van der Waals surface area (Å²) in [6.45, 7) is 8.61. The highest BCUT2D eigenvalue weighted by Crippen LogP contribution is 2.33. The van der Waals surface area contributed by atoms with Crippen molar-refractivity contribution in [1.82, 2.24) is 0 Å². The molecule has 0 fully saturated rings. The second-order valence-corrected chi connectivity index (χ2v) is 7.58. The predicted molar refractivity (Wildman–Crippen MR) is 133 cm³/mol. The lowest BCUT2D eigenvalue weighted by Crippen LogP contribution is -2.21. The second-order valence-electron chi connectivity index (χ2n) is 7.58. The molecule has 0 aromatic heterocycles. The minimum absolute atomic E-state index is 0.0780. The van der Waals surface area contributed by atoms with Crippen LogP contribution in [0.25, 0.3) is 0 Å². The number of nitrogens with zero attached hydrogens (tertiary/aromatic N) is 5. The normalized spacial score (nSPS) is 11.4. The van der Waals surface area contributed by atoms with Crippen LogP contribution in [0.1, 0.15) is 33.6 Å². The Morgan fingerprint density at radius 1 is 0.794 bits per heavy atom. The summed E-state index contributed by atoms with van der Waals surface area (Å²) in [6, 6.07) is 16.9. The van der Waals surface area contributed by atoms with Crippen molar-refractivity contribution < 1.29 is 14.2 Å². The molecule has 7 nitrogen and oxygen atoms in total. The summed E-state index contributed by atoms with van der Waals surface area (Å²) in [5.74, 6) is -0.371. The molecule has 0 heterocycles. The number of azo groups is 2. The molecule has 0 saturated heterocycles. The Morgan fingerprint density at radius 3 is 2.03 bits per heavy atom. The number of unbranched alkanes of at least 4 members (excludes halogenated alkanes) is 1. The van der Waals surface area contributed by atoms with E-state index in [1.54, 1.807) is 18.2 Å². The second kappa shape index (κ2) is 12.4.